The number of aromatic nitrogens is 3. The van der Waals surface area contributed by atoms with Crippen molar-refractivity contribution in [1.29, 1.82) is 0 Å². The molecule has 0 saturated heterocycles. The largest absolute Gasteiger partial charge is 0.301 e. The molecule has 0 radical (unpaired) electrons. The summed E-state index contributed by atoms with van der Waals surface area (Å²) in [6, 6.07) is 13.3. The maximum absolute atomic E-state index is 12.8. The van der Waals surface area contributed by atoms with Crippen LogP contribution in [-0.2, 0) is 0 Å². The third-order valence-corrected chi connectivity index (χ3v) is 5.54. The van der Waals surface area contributed by atoms with E-state index in [0.29, 0.717) is 16.5 Å². The Bertz CT molecular complexity index is 1310. The molecule has 2 heterocycles. The molecular formula is C19H13BrN6O3S. The fourth-order valence-corrected chi connectivity index (χ4v) is 3.71. The quantitative estimate of drug-likeness (QED) is 0.222. The number of nitrogens with zero attached hydrogens (tertiary/aromatic N) is 5. The molecule has 0 fully saturated rings. The number of hydrogen-bond donors (Lipinski definition) is 1. The number of rotatable bonds is 5. The van der Waals surface area contributed by atoms with Gasteiger partial charge in [-0.1, -0.05) is 28.1 Å². The molecule has 150 valence electrons. The minimum absolute atomic E-state index is 0.0421. The average molecular weight is 485 g/mol. The van der Waals surface area contributed by atoms with Gasteiger partial charge in [0.25, 0.3) is 5.69 Å². The number of nitro benzene ring substituents is 1. The molecule has 0 bridgehead atoms. The highest BCUT2D eigenvalue weighted by Crippen LogP contribution is 2.26. The van der Waals surface area contributed by atoms with E-state index < -0.39 is 4.92 Å². The van der Waals surface area contributed by atoms with Crippen LogP contribution in [0.2, 0.25) is 0 Å². The molecule has 4 aromatic rings. The standard InChI is InChI=1S/C19H13BrN6O3S/c1-11-17(23-22-14-6-8-15(9-7-14)26(28)29)18(27)25(24-11)19-21-16(10-30-19)12-2-4-13(20)5-3-12/h2-10,24H,1H3. The molecule has 11 heteroatoms. The predicted octanol–water partition coefficient (Wildman–Crippen LogP) is 5.68. The Kier molecular flexibility index (Phi) is 5.38. The van der Waals surface area contributed by atoms with E-state index in [9.17, 15) is 14.9 Å². The molecule has 0 amide bonds. The van der Waals surface area contributed by atoms with Gasteiger partial charge in [-0.15, -0.1) is 16.5 Å². The van der Waals surface area contributed by atoms with E-state index in [0.717, 1.165) is 15.7 Å². The third-order valence-electron chi connectivity index (χ3n) is 4.19. The van der Waals surface area contributed by atoms with Crippen LogP contribution in [0, 0.1) is 17.0 Å². The van der Waals surface area contributed by atoms with Crippen molar-refractivity contribution in [2.45, 2.75) is 6.92 Å². The van der Waals surface area contributed by atoms with Crippen molar-refractivity contribution in [1.82, 2.24) is 14.8 Å². The van der Waals surface area contributed by atoms with E-state index in [4.69, 9.17) is 0 Å². The normalized spacial score (nSPS) is 11.3. The summed E-state index contributed by atoms with van der Waals surface area (Å²) >= 11 is 4.73. The van der Waals surface area contributed by atoms with Crippen LogP contribution in [0.3, 0.4) is 0 Å². The minimum Gasteiger partial charge on any atom is -0.291 e. The zero-order chi connectivity index (χ0) is 21.3. The molecule has 0 unspecified atom stereocenters. The van der Waals surface area contributed by atoms with Gasteiger partial charge >= 0.3 is 5.56 Å². The molecule has 0 atom stereocenters. The van der Waals surface area contributed by atoms with Crippen LogP contribution >= 0.6 is 27.3 Å². The molecule has 0 aliphatic carbocycles. The number of H-pyrrole nitrogens is 1. The number of nitrogens with one attached hydrogen (secondary N) is 1. The highest BCUT2D eigenvalue weighted by atomic mass is 79.9. The van der Waals surface area contributed by atoms with Crippen LogP contribution in [0.1, 0.15) is 5.69 Å². The van der Waals surface area contributed by atoms with Crippen molar-refractivity contribution in [3.05, 3.63) is 84.5 Å². The molecule has 2 aromatic heterocycles. The van der Waals surface area contributed by atoms with E-state index in [1.54, 1.807) is 6.92 Å². The number of aromatic amines is 1. The van der Waals surface area contributed by atoms with Gasteiger partial charge in [0.2, 0.25) is 5.13 Å². The Hall–Kier alpha value is -3.44. The predicted molar refractivity (Wildman–Crippen MR) is 117 cm³/mol. The summed E-state index contributed by atoms with van der Waals surface area (Å²) in [4.78, 5) is 27.6. The lowest BCUT2D eigenvalue weighted by molar-refractivity contribution is -0.384. The van der Waals surface area contributed by atoms with Crippen molar-refractivity contribution in [2.75, 3.05) is 0 Å². The van der Waals surface area contributed by atoms with Crippen LogP contribution in [0.5, 0.6) is 0 Å². The number of aryl methyl sites for hydroxylation is 1. The maximum atomic E-state index is 12.8. The van der Waals surface area contributed by atoms with E-state index in [2.05, 4.69) is 36.2 Å². The molecule has 2 aromatic carbocycles. The van der Waals surface area contributed by atoms with Gasteiger partial charge in [0.05, 0.1) is 22.0 Å². The fraction of sp³-hybridized carbons (Fsp3) is 0.0526. The highest BCUT2D eigenvalue weighted by molar-refractivity contribution is 9.10. The van der Waals surface area contributed by atoms with Gasteiger partial charge in [-0.05, 0) is 31.2 Å². The lowest BCUT2D eigenvalue weighted by Crippen LogP contribution is -2.13. The fourth-order valence-electron chi connectivity index (χ4n) is 2.66. The first-order valence-electron chi connectivity index (χ1n) is 8.62. The molecule has 0 saturated carbocycles. The zero-order valence-corrected chi connectivity index (χ0v) is 17.8. The Labute approximate surface area is 182 Å². The second-order valence-corrected chi connectivity index (χ2v) is 7.97. The number of non-ortho nitro benzene ring substituents is 1. The van der Waals surface area contributed by atoms with Gasteiger partial charge in [-0.25, -0.2) is 4.98 Å². The van der Waals surface area contributed by atoms with Crippen molar-refractivity contribution in [3.63, 3.8) is 0 Å². The molecule has 30 heavy (non-hydrogen) atoms. The summed E-state index contributed by atoms with van der Waals surface area (Å²) in [6.45, 7) is 1.71. The summed E-state index contributed by atoms with van der Waals surface area (Å²) in [5, 5.41) is 24.1. The Balaban J connectivity index is 1.62. The maximum Gasteiger partial charge on any atom is 0.301 e. The van der Waals surface area contributed by atoms with Gasteiger partial charge in [-0.3, -0.25) is 20.0 Å². The number of benzene rings is 2. The molecule has 1 N–H and O–H groups in total. The second kappa shape index (κ2) is 8.13. The van der Waals surface area contributed by atoms with Crippen molar-refractivity contribution in [2.24, 2.45) is 10.2 Å². The summed E-state index contributed by atoms with van der Waals surface area (Å²) in [5.41, 5.74) is 2.36. The van der Waals surface area contributed by atoms with Gasteiger partial charge in [0.1, 0.15) is 0 Å². The number of nitro groups is 1. The second-order valence-electron chi connectivity index (χ2n) is 6.22. The lowest BCUT2D eigenvalue weighted by Gasteiger charge is -1.97. The molecule has 0 aliphatic heterocycles. The number of halogens is 1. The first-order valence-corrected chi connectivity index (χ1v) is 10.3. The van der Waals surface area contributed by atoms with E-state index in [1.807, 2.05) is 29.6 Å². The third kappa shape index (κ3) is 3.98. The minimum atomic E-state index is -0.494. The van der Waals surface area contributed by atoms with Crippen molar-refractivity contribution < 1.29 is 4.92 Å². The van der Waals surface area contributed by atoms with Gasteiger partial charge in [-0.2, -0.15) is 9.80 Å². The van der Waals surface area contributed by atoms with Crippen LogP contribution in [0.15, 0.2) is 73.4 Å². The number of azo groups is 1. The van der Waals surface area contributed by atoms with Crippen molar-refractivity contribution >= 4 is 44.3 Å². The highest BCUT2D eigenvalue weighted by Gasteiger charge is 2.15. The average Bonchev–Trinajstić information content (AvgIpc) is 3.32. The summed E-state index contributed by atoms with van der Waals surface area (Å²) in [5.74, 6) is 0. The lowest BCUT2D eigenvalue weighted by atomic mass is 10.2. The Morgan fingerprint density at radius 2 is 1.83 bits per heavy atom. The Morgan fingerprint density at radius 1 is 1.13 bits per heavy atom. The van der Waals surface area contributed by atoms with Gasteiger partial charge in [0, 0.05) is 27.5 Å². The molecular weight excluding hydrogens is 472 g/mol. The summed E-state index contributed by atoms with van der Waals surface area (Å²) in [7, 11) is 0. The molecule has 0 aliphatic rings. The van der Waals surface area contributed by atoms with Gasteiger partial charge in [0.15, 0.2) is 5.69 Å². The zero-order valence-electron chi connectivity index (χ0n) is 15.4. The van der Waals surface area contributed by atoms with Crippen LogP contribution < -0.4 is 5.56 Å². The van der Waals surface area contributed by atoms with Crippen LogP contribution in [0.25, 0.3) is 16.4 Å². The molecule has 4 rings (SSSR count). The monoisotopic (exact) mass is 484 g/mol. The first-order chi connectivity index (χ1) is 14.4. The van der Waals surface area contributed by atoms with Gasteiger partial charge < -0.3 is 0 Å². The number of thiazole rings is 1. The van der Waals surface area contributed by atoms with E-state index in [1.165, 1.54) is 40.3 Å². The summed E-state index contributed by atoms with van der Waals surface area (Å²) in [6.07, 6.45) is 0. The van der Waals surface area contributed by atoms with E-state index >= 15 is 0 Å². The molecule has 0 spiro atoms. The topological polar surface area (TPSA) is 119 Å². The SMILES string of the molecule is Cc1[nH]n(-c2nc(-c3ccc(Br)cc3)cs2)c(=O)c1N=Nc1ccc([N+](=O)[O-])cc1. The first kappa shape index (κ1) is 19.9. The van der Waals surface area contributed by atoms with Crippen molar-refractivity contribution in [3.8, 4) is 16.4 Å². The molecule has 9 nitrogen and oxygen atoms in total. The Morgan fingerprint density at radius 3 is 2.50 bits per heavy atom. The number of hydrogen-bond acceptors (Lipinski definition) is 7. The summed E-state index contributed by atoms with van der Waals surface area (Å²) < 4.78 is 2.30. The van der Waals surface area contributed by atoms with Crippen LogP contribution in [-0.4, -0.2) is 19.7 Å². The van der Waals surface area contributed by atoms with E-state index in [-0.39, 0.29) is 16.9 Å². The smallest absolute Gasteiger partial charge is 0.291 e. The van der Waals surface area contributed by atoms with Crippen LogP contribution in [0.4, 0.5) is 17.1 Å².